The van der Waals surface area contributed by atoms with E-state index in [1.54, 1.807) is 43.3 Å². The molecule has 0 saturated heterocycles. The number of rotatable bonds is 9. The predicted octanol–water partition coefficient (Wildman–Crippen LogP) is 3.46. The Hall–Kier alpha value is -3.02. The second-order valence-electron chi connectivity index (χ2n) is 5.90. The van der Waals surface area contributed by atoms with Gasteiger partial charge in [0, 0.05) is 12.0 Å². The summed E-state index contributed by atoms with van der Waals surface area (Å²) in [6, 6.07) is 12.3. The highest BCUT2D eigenvalue weighted by molar-refractivity contribution is 6.00. The van der Waals surface area contributed by atoms with Crippen LogP contribution in [0.4, 0.5) is 0 Å². The average molecular weight is 372 g/mol. The Morgan fingerprint density at radius 2 is 1.52 bits per heavy atom. The first-order chi connectivity index (χ1) is 13.0. The third-order valence-electron chi connectivity index (χ3n) is 4.08. The molecule has 0 amide bonds. The molecular formula is C21H24O6. The van der Waals surface area contributed by atoms with E-state index >= 15 is 0 Å². The molecule has 0 N–H and O–H groups in total. The number of carbonyl (C=O) groups excluding carboxylic acids is 2. The first-order valence-corrected chi connectivity index (χ1v) is 8.57. The molecule has 0 aliphatic carbocycles. The van der Waals surface area contributed by atoms with Gasteiger partial charge in [0.1, 0.15) is 0 Å². The van der Waals surface area contributed by atoms with E-state index in [-0.39, 0.29) is 12.2 Å². The summed E-state index contributed by atoms with van der Waals surface area (Å²) >= 11 is 0. The molecule has 0 spiro atoms. The van der Waals surface area contributed by atoms with E-state index in [4.69, 9.17) is 18.9 Å². The Morgan fingerprint density at radius 1 is 0.926 bits per heavy atom. The lowest BCUT2D eigenvalue weighted by atomic mass is 10.1. The summed E-state index contributed by atoms with van der Waals surface area (Å²) in [5.74, 6) is 0.867. The number of Topliss-reactive ketones (excluding diaryl/α,β-unsaturated/α-hetero) is 1. The van der Waals surface area contributed by atoms with Gasteiger partial charge in [-0.15, -0.1) is 0 Å². The van der Waals surface area contributed by atoms with Crippen LogP contribution in [-0.4, -0.2) is 39.2 Å². The van der Waals surface area contributed by atoms with Gasteiger partial charge in [0.15, 0.2) is 17.6 Å². The quantitative estimate of drug-likeness (QED) is 0.496. The highest BCUT2D eigenvalue weighted by atomic mass is 16.5. The number of benzene rings is 2. The molecule has 2 rings (SSSR count). The Kier molecular flexibility index (Phi) is 7.23. The van der Waals surface area contributed by atoms with Gasteiger partial charge in [-0.05, 0) is 31.0 Å². The maximum Gasteiger partial charge on any atom is 0.306 e. The molecule has 0 bridgehead atoms. The van der Waals surface area contributed by atoms with E-state index in [9.17, 15) is 9.59 Å². The molecule has 0 aromatic heterocycles. The van der Waals surface area contributed by atoms with E-state index in [1.807, 2.05) is 6.07 Å². The second-order valence-corrected chi connectivity index (χ2v) is 5.90. The van der Waals surface area contributed by atoms with Crippen molar-refractivity contribution in [3.8, 4) is 17.2 Å². The van der Waals surface area contributed by atoms with Crippen LogP contribution in [0.3, 0.4) is 0 Å². The molecular weight excluding hydrogens is 348 g/mol. The van der Waals surface area contributed by atoms with Crippen molar-refractivity contribution in [3.63, 3.8) is 0 Å². The van der Waals surface area contributed by atoms with Gasteiger partial charge in [-0.25, -0.2) is 0 Å². The highest BCUT2D eigenvalue weighted by Gasteiger charge is 2.20. The minimum absolute atomic E-state index is 0.130. The van der Waals surface area contributed by atoms with Gasteiger partial charge < -0.3 is 18.9 Å². The van der Waals surface area contributed by atoms with Crippen LogP contribution in [0.15, 0.2) is 42.5 Å². The zero-order valence-corrected chi connectivity index (χ0v) is 16.0. The van der Waals surface area contributed by atoms with E-state index < -0.39 is 12.1 Å². The number of esters is 1. The van der Waals surface area contributed by atoms with Crippen molar-refractivity contribution >= 4 is 11.8 Å². The molecule has 0 fully saturated rings. The Bertz CT molecular complexity index is 760. The van der Waals surface area contributed by atoms with Gasteiger partial charge in [-0.3, -0.25) is 9.59 Å². The molecule has 144 valence electrons. The molecule has 1 unspecified atom stereocenters. The Morgan fingerprint density at radius 3 is 2.04 bits per heavy atom. The number of hydrogen-bond donors (Lipinski definition) is 0. The summed E-state index contributed by atoms with van der Waals surface area (Å²) in [6.07, 6.45) is -0.285. The molecule has 2 aromatic carbocycles. The van der Waals surface area contributed by atoms with Crippen molar-refractivity contribution in [1.82, 2.24) is 0 Å². The van der Waals surface area contributed by atoms with Gasteiger partial charge in [0.2, 0.25) is 11.5 Å². The average Bonchev–Trinajstić information content (AvgIpc) is 2.71. The third kappa shape index (κ3) is 5.23. The van der Waals surface area contributed by atoms with Crippen molar-refractivity contribution < 1.29 is 28.5 Å². The first kappa shape index (κ1) is 20.3. The minimum atomic E-state index is -0.833. The van der Waals surface area contributed by atoms with E-state index in [0.29, 0.717) is 29.2 Å². The van der Waals surface area contributed by atoms with Gasteiger partial charge in [-0.2, -0.15) is 0 Å². The number of hydrogen-bond acceptors (Lipinski definition) is 6. The molecule has 0 aliphatic rings. The lowest BCUT2D eigenvalue weighted by Gasteiger charge is -2.15. The summed E-state index contributed by atoms with van der Waals surface area (Å²) in [5.41, 5.74) is 1.35. The SMILES string of the molecule is COc1cc(CCC(=O)OC(C)C(=O)c2ccccc2)cc(OC)c1OC. The maximum absolute atomic E-state index is 12.3. The minimum Gasteiger partial charge on any atom is -0.493 e. The van der Waals surface area contributed by atoms with Crippen LogP contribution in [0.2, 0.25) is 0 Å². The highest BCUT2D eigenvalue weighted by Crippen LogP contribution is 2.38. The smallest absolute Gasteiger partial charge is 0.306 e. The van der Waals surface area contributed by atoms with Gasteiger partial charge >= 0.3 is 5.97 Å². The molecule has 6 heteroatoms. The predicted molar refractivity (Wildman–Crippen MR) is 101 cm³/mol. The van der Waals surface area contributed by atoms with Crippen LogP contribution >= 0.6 is 0 Å². The Labute approximate surface area is 159 Å². The van der Waals surface area contributed by atoms with Crippen LogP contribution in [-0.2, 0) is 16.0 Å². The maximum atomic E-state index is 12.3. The standard InChI is InChI=1S/C21H24O6/c1-14(20(23)16-8-6-5-7-9-16)27-19(22)11-10-15-12-17(24-2)21(26-4)18(13-15)25-3/h5-9,12-14H,10-11H2,1-4H3. The monoisotopic (exact) mass is 372 g/mol. The summed E-state index contributed by atoms with van der Waals surface area (Å²) < 4.78 is 21.2. The molecule has 1 atom stereocenters. The first-order valence-electron chi connectivity index (χ1n) is 8.57. The molecule has 0 heterocycles. The molecule has 0 radical (unpaired) electrons. The number of carbonyl (C=O) groups is 2. The van der Waals surface area contributed by atoms with Gasteiger partial charge in [-0.1, -0.05) is 30.3 Å². The van der Waals surface area contributed by atoms with Gasteiger partial charge in [0.05, 0.1) is 21.3 Å². The Balaban J connectivity index is 1.98. The molecule has 0 saturated carbocycles. The van der Waals surface area contributed by atoms with Crippen LogP contribution in [0.25, 0.3) is 0 Å². The number of methoxy groups -OCH3 is 3. The van der Waals surface area contributed by atoms with E-state index in [0.717, 1.165) is 5.56 Å². The fraction of sp³-hybridized carbons (Fsp3) is 0.333. The van der Waals surface area contributed by atoms with Crippen molar-refractivity contribution in [2.45, 2.75) is 25.9 Å². The number of ether oxygens (including phenoxy) is 4. The third-order valence-corrected chi connectivity index (χ3v) is 4.08. The van der Waals surface area contributed by atoms with Crippen LogP contribution in [0, 0.1) is 0 Å². The van der Waals surface area contributed by atoms with E-state index in [2.05, 4.69) is 0 Å². The topological polar surface area (TPSA) is 71.1 Å². The van der Waals surface area contributed by atoms with Gasteiger partial charge in [0.25, 0.3) is 0 Å². The van der Waals surface area contributed by atoms with Crippen molar-refractivity contribution in [2.75, 3.05) is 21.3 Å². The lowest BCUT2D eigenvalue weighted by molar-refractivity contribution is -0.146. The van der Waals surface area contributed by atoms with Crippen LogP contribution in [0.1, 0.15) is 29.3 Å². The van der Waals surface area contributed by atoms with Crippen LogP contribution in [0.5, 0.6) is 17.2 Å². The van der Waals surface area contributed by atoms with E-state index in [1.165, 1.54) is 21.3 Å². The summed E-state index contributed by atoms with van der Waals surface area (Å²) in [4.78, 5) is 24.4. The van der Waals surface area contributed by atoms with Crippen molar-refractivity contribution in [2.24, 2.45) is 0 Å². The number of ketones is 1. The molecule has 6 nitrogen and oxygen atoms in total. The second kappa shape index (κ2) is 9.62. The van der Waals surface area contributed by atoms with Crippen molar-refractivity contribution in [1.29, 1.82) is 0 Å². The lowest BCUT2D eigenvalue weighted by Crippen LogP contribution is -2.24. The molecule has 2 aromatic rings. The largest absolute Gasteiger partial charge is 0.493 e. The summed E-state index contributed by atoms with van der Waals surface area (Å²) in [6.45, 7) is 1.58. The molecule has 27 heavy (non-hydrogen) atoms. The molecule has 0 aliphatic heterocycles. The summed E-state index contributed by atoms with van der Waals surface area (Å²) in [7, 11) is 4.60. The zero-order chi connectivity index (χ0) is 19.8. The summed E-state index contributed by atoms with van der Waals surface area (Å²) in [5, 5.41) is 0. The number of aryl methyl sites for hydroxylation is 1. The fourth-order valence-corrected chi connectivity index (χ4v) is 2.67. The fourth-order valence-electron chi connectivity index (χ4n) is 2.67. The van der Waals surface area contributed by atoms with Crippen molar-refractivity contribution in [3.05, 3.63) is 53.6 Å². The zero-order valence-electron chi connectivity index (χ0n) is 16.0. The van der Waals surface area contributed by atoms with Crippen LogP contribution < -0.4 is 14.2 Å². The normalized spacial score (nSPS) is 11.4.